The molecule has 1 heterocycles. The predicted molar refractivity (Wildman–Crippen MR) is 132 cm³/mol. The van der Waals surface area contributed by atoms with Gasteiger partial charge in [-0.15, -0.1) is 10.2 Å². The summed E-state index contributed by atoms with van der Waals surface area (Å²) in [5.41, 5.74) is 2.16. The topological polar surface area (TPSA) is 95.3 Å². The number of aromatic nitrogens is 3. The number of nitrogens with zero attached hydrogens (tertiary/aromatic N) is 3. The molecule has 9 heteroatoms. The van der Waals surface area contributed by atoms with Gasteiger partial charge in [0.2, 0.25) is 5.91 Å². The van der Waals surface area contributed by atoms with Gasteiger partial charge in [-0.2, -0.15) is 0 Å². The number of anilines is 1. The molecule has 0 saturated carbocycles. The van der Waals surface area contributed by atoms with E-state index in [0.29, 0.717) is 22.2 Å². The summed E-state index contributed by atoms with van der Waals surface area (Å²) in [5.74, 6) is 0.925. The Morgan fingerprint density at radius 2 is 1.82 bits per heavy atom. The van der Waals surface area contributed by atoms with E-state index in [0.717, 1.165) is 12.2 Å². The van der Waals surface area contributed by atoms with E-state index in [4.69, 9.17) is 9.47 Å². The summed E-state index contributed by atoms with van der Waals surface area (Å²) in [6, 6.07) is 14.7. The molecule has 0 aliphatic carbocycles. The molecule has 1 atom stereocenters. The fourth-order valence-corrected chi connectivity index (χ4v) is 3.92. The molecular weight excluding hydrogens is 452 g/mol. The lowest BCUT2D eigenvalue weighted by atomic mass is 10.2. The summed E-state index contributed by atoms with van der Waals surface area (Å²) in [4.78, 5) is 24.5. The minimum Gasteiger partial charge on any atom is -0.483 e. The summed E-state index contributed by atoms with van der Waals surface area (Å²) in [7, 11) is 1.85. The van der Waals surface area contributed by atoms with Gasteiger partial charge in [0.1, 0.15) is 5.75 Å². The predicted octanol–water partition coefficient (Wildman–Crippen LogP) is 4.81. The highest BCUT2D eigenvalue weighted by molar-refractivity contribution is 7.99. The van der Waals surface area contributed by atoms with Crippen LogP contribution < -0.4 is 10.1 Å². The summed E-state index contributed by atoms with van der Waals surface area (Å²) < 4.78 is 13.0. The fourth-order valence-electron chi connectivity index (χ4n) is 3.20. The van der Waals surface area contributed by atoms with Gasteiger partial charge in [0.25, 0.3) is 0 Å². The average molecular weight is 483 g/mol. The van der Waals surface area contributed by atoms with E-state index in [9.17, 15) is 9.59 Å². The summed E-state index contributed by atoms with van der Waals surface area (Å²) in [6.07, 6.45) is 0.457. The Kier molecular flexibility index (Phi) is 8.70. The average Bonchev–Trinajstić information content (AvgIpc) is 3.18. The van der Waals surface area contributed by atoms with Crippen molar-refractivity contribution in [2.75, 3.05) is 11.1 Å². The number of hydrogen-bond donors (Lipinski definition) is 1. The standard InChI is InChI=1S/C25H30N4O4S/c1-6-18-10-12-21(13-11-18)33-17(4)23-27-28-25(29(23)5)34-15-22(30)26-20-9-7-8-19(14-20)24(31)32-16(2)3/h7-14,16-17H,6,15H2,1-5H3,(H,26,30)/t17-/m1/s1. The van der Waals surface area contributed by atoms with E-state index in [1.165, 1.54) is 17.3 Å². The van der Waals surface area contributed by atoms with Crippen molar-refractivity contribution in [2.45, 2.75) is 51.5 Å². The summed E-state index contributed by atoms with van der Waals surface area (Å²) in [5, 5.41) is 11.9. The van der Waals surface area contributed by atoms with Crippen LogP contribution in [-0.4, -0.2) is 38.5 Å². The highest BCUT2D eigenvalue weighted by atomic mass is 32.2. The monoisotopic (exact) mass is 482 g/mol. The number of aryl methyl sites for hydroxylation is 1. The Hall–Kier alpha value is -3.33. The number of nitrogens with one attached hydrogen (secondary N) is 1. The third-order valence-corrected chi connectivity index (χ3v) is 5.95. The largest absolute Gasteiger partial charge is 0.483 e. The van der Waals surface area contributed by atoms with Gasteiger partial charge in [0.05, 0.1) is 17.4 Å². The Labute approximate surface area is 204 Å². The van der Waals surface area contributed by atoms with Crippen LogP contribution in [0.25, 0.3) is 0 Å². The van der Waals surface area contributed by atoms with Crippen LogP contribution in [0.15, 0.2) is 53.7 Å². The molecule has 0 bridgehead atoms. The second-order valence-electron chi connectivity index (χ2n) is 8.03. The molecule has 0 aliphatic heterocycles. The van der Waals surface area contributed by atoms with Crippen molar-refractivity contribution in [1.82, 2.24) is 14.8 Å². The van der Waals surface area contributed by atoms with Crippen molar-refractivity contribution >= 4 is 29.3 Å². The van der Waals surface area contributed by atoms with Crippen LogP contribution in [-0.2, 0) is 23.0 Å². The molecule has 0 spiro atoms. The SMILES string of the molecule is CCc1ccc(O[C@H](C)c2nnc(SCC(=O)Nc3cccc(C(=O)OC(C)C)c3)n2C)cc1. The molecule has 1 N–H and O–H groups in total. The zero-order chi connectivity index (χ0) is 24.7. The molecule has 3 aromatic rings. The maximum Gasteiger partial charge on any atom is 0.338 e. The summed E-state index contributed by atoms with van der Waals surface area (Å²) >= 11 is 1.27. The first-order chi connectivity index (χ1) is 16.3. The van der Waals surface area contributed by atoms with Crippen molar-refractivity contribution in [3.8, 4) is 5.75 Å². The van der Waals surface area contributed by atoms with Crippen molar-refractivity contribution in [1.29, 1.82) is 0 Å². The molecule has 8 nitrogen and oxygen atoms in total. The Morgan fingerprint density at radius 1 is 1.09 bits per heavy atom. The van der Waals surface area contributed by atoms with Crippen molar-refractivity contribution < 1.29 is 19.1 Å². The van der Waals surface area contributed by atoms with Gasteiger partial charge in [-0.05, 0) is 63.1 Å². The molecule has 1 amide bonds. The molecule has 1 aromatic heterocycles. The lowest BCUT2D eigenvalue weighted by Gasteiger charge is -2.14. The molecule has 34 heavy (non-hydrogen) atoms. The van der Waals surface area contributed by atoms with E-state index in [2.05, 4.69) is 22.4 Å². The van der Waals surface area contributed by atoms with E-state index < -0.39 is 5.97 Å². The number of hydrogen-bond acceptors (Lipinski definition) is 7. The van der Waals surface area contributed by atoms with Crippen LogP contribution in [0, 0.1) is 0 Å². The van der Waals surface area contributed by atoms with Gasteiger partial charge in [-0.1, -0.05) is 36.9 Å². The zero-order valence-corrected chi connectivity index (χ0v) is 20.9. The minimum absolute atomic E-state index is 0.139. The quantitative estimate of drug-likeness (QED) is 0.327. The lowest BCUT2D eigenvalue weighted by molar-refractivity contribution is -0.113. The first kappa shape index (κ1) is 25.3. The smallest absolute Gasteiger partial charge is 0.338 e. The second kappa shape index (κ2) is 11.7. The maximum atomic E-state index is 12.5. The first-order valence-corrected chi connectivity index (χ1v) is 12.1. The molecule has 0 saturated heterocycles. The number of amides is 1. The van der Waals surface area contributed by atoms with Gasteiger partial charge in [-0.3, -0.25) is 4.79 Å². The van der Waals surface area contributed by atoms with E-state index >= 15 is 0 Å². The number of carbonyl (C=O) groups excluding carboxylic acids is 2. The Balaban J connectivity index is 1.56. The molecule has 0 radical (unpaired) electrons. The van der Waals surface area contributed by atoms with E-state index in [1.807, 2.05) is 42.8 Å². The van der Waals surface area contributed by atoms with Crippen molar-refractivity contribution in [2.24, 2.45) is 7.05 Å². The van der Waals surface area contributed by atoms with Gasteiger partial charge in [0, 0.05) is 12.7 Å². The van der Waals surface area contributed by atoms with Crippen LogP contribution >= 0.6 is 11.8 Å². The van der Waals surface area contributed by atoms with Crippen LogP contribution in [0.4, 0.5) is 5.69 Å². The van der Waals surface area contributed by atoms with Crippen LogP contribution in [0.1, 0.15) is 55.5 Å². The van der Waals surface area contributed by atoms with Gasteiger partial charge < -0.3 is 19.4 Å². The molecule has 180 valence electrons. The number of esters is 1. The number of rotatable bonds is 10. The highest BCUT2D eigenvalue weighted by Gasteiger charge is 2.18. The third-order valence-electron chi connectivity index (χ3n) is 4.93. The normalized spacial score (nSPS) is 11.8. The number of ether oxygens (including phenoxy) is 2. The number of carbonyl (C=O) groups is 2. The fraction of sp³-hybridized carbons (Fsp3) is 0.360. The van der Waals surface area contributed by atoms with E-state index in [-0.39, 0.29) is 23.9 Å². The van der Waals surface area contributed by atoms with Gasteiger partial charge in [-0.25, -0.2) is 4.79 Å². The molecular formula is C25H30N4O4S. The van der Waals surface area contributed by atoms with Crippen LogP contribution in [0.3, 0.4) is 0 Å². The van der Waals surface area contributed by atoms with E-state index in [1.54, 1.807) is 38.1 Å². The number of thioether (sulfide) groups is 1. The Morgan fingerprint density at radius 3 is 2.50 bits per heavy atom. The van der Waals surface area contributed by atoms with Gasteiger partial charge >= 0.3 is 5.97 Å². The lowest BCUT2D eigenvalue weighted by Crippen LogP contribution is -2.16. The van der Waals surface area contributed by atoms with Crippen LogP contribution in [0.5, 0.6) is 5.75 Å². The highest BCUT2D eigenvalue weighted by Crippen LogP contribution is 2.24. The molecule has 2 aromatic carbocycles. The first-order valence-electron chi connectivity index (χ1n) is 11.2. The summed E-state index contributed by atoms with van der Waals surface area (Å²) in [6.45, 7) is 7.60. The van der Waals surface area contributed by atoms with Crippen molar-refractivity contribution in [3.63, 3.8) is 0 Å². The third kappa shape index (κ3) is 6.84. The Bertz CT molecular complexity index is 1130. The molecule has 3 rings (SSSR count). The minimum atomic E-state index is -0.426. The second-order valence-corrected chi connectivity index (χ2v) is 8.97. The van der Waals surface area contributed by atoms with Gasteiger partial charge in [0.15, 0.2) is 17.1 Å². The molecule has 0 aliphatic rings. The van der Waals surface area contributed by atoms with Crippen LogP contribution in [0.2, 0.25) is 0 Å². The van der Waals surface area contributed by atoms with Crippen molar-refractivity contribution in [3.05, 3.63) is 65.5 Å². The molecule has 0 unspecified atom stereocenters. The zero-order valence-electron chi connectivity index (χ0n) is 20.1. The maximum absolute atomic E-state index is 12.5. The molecule has 0 fully saturated rings. The number of benzene rings is 2.